The molecule has 0 unspecified atom stereocenters. The highest BCUT2D eigenvalue weighted by Gasteiger charge is 2.30. The van der Waals surface area contributed by atoms with Gasteiger partial charge in [0, 0.05) is 17.3 Å². The second-order valence-electron chi connectivity index (χ2n) is 5.85. The summed E-state index contributed by atoms with van der Waals surface area (Å²) in [4.78, 5) is 16.2. The van der Waals surface area contributed by atoms with E-state index in [0.29, 0.717) is 28.6 Å². The molecule has 126 valence electrons. The third-order valence-corrected chi connectivity index (χ3v) is 6.12. The lowest BCUT2D eigenvalue weighted by molar-refractivity contribution is 0.0697. The van der Waals surface area contributed by atoms with Crippen molar-refractivity contribution in [2.24, 2.45) is 0 Å². The van der Waals surface area contributed by atoms with E-state index in [9.17, 15) is 18.3 Å². The van der Waals surface area contributed by atoms with E-state index in [1.165, 1.54) is 6.20 Å². The molecule has 1 aliphatic heterocycles. The third-order valence-electron chi connectivity index (χ3n) is 4.33. The Bertz CT molecular complexity index is 1110. The first-order chi connectivity index (χ1) is 12.0. The van der Waals surface area contributed by atoms with E-state index in [1.54, 1.807) is 12.1 Å². The number of para-hydroxylation sites is 1. The lowest BCUT2D eigenvalue weighted by Crippen LogP contribution is -2.06. The van der Waals surface area contributed by atoms with Gasteiger partial charge in [0.15, 0.2) is 9.84 Å². The molecule has 0 atom stereocenters. The van der Waals surface area contributed by atoms with Gasteiger partial charge in [0.2, 0.25) is 0 Å². The maximum Gasteiger partial charge on any atom is 0.339 e. The van der Waals surface area contributed by atoms with E-state index < -0.39 is 15.8 Å². The van der Waals surface area contributed by atoms with Crippen LogP contribution in [0.5, 0.6) is 0 Å². The van der Waals surface area contributed by atoms with Crippen LogP contribution in [0.1, 0.15) is 15.9 Å². The van der Waals surface area contributed by atoms with Crippen molar-refractivity contribution < 1.29 is 18.3 Å². The highest BCUT2D eigenvalue weighted by atomic mass is 32.2. The van der Waals surface area contributed by atoms with Gasteiger partial charge in [-0.15, -0.1) is 0 Å². The van der Waals surface area contributed by atoms with Crippen molar-refractivity contribution in [1.82, 2.24) is 4.98 Å². The number of aromatic nitrogens is 1. The molecular weight excluding hydrogens is 340 g/mol. The number of rotatable bonds is 3. The number of aryl methyl sites for hydroxylation is 1. The number of benzene rings is 2. The molecular formula is C18H14N2O4S. The average molecular weight is 354 g/mol. The van der Waals surface area contributed by atoms with Gasteiger partial charge in [-0.3, -0.25) is 4.98 Å². The summed E-state index contributed by atoms with van der Waals surface area (Å²) in [5, 5.41) is 13.3. The number of anilines is 2. The summed E-state index contributed by atoms with van der Waals surface area (Å²) >= 11 is 0. The summed E-state index contributed by atoms with van der Waals surface area (Å²) in [7, 11) is -3.32. The standard InChI is InChI=1S/C18H14N2O4S/c21-18(22)13-10-19-14-6-7-15-12(8-9-25(15,23)24)16(14)17(13)20-11-4-2-1-3-5-11/h1-7,10H,8-9H2,(H,19,20)(H,21,22). The van der Waals surface area contributed by atoms with E-state index in [2.05, 4.69) is 10.3 Å². The van der Waals surface area contributed by atoms with Gasteiger partial charge in [-0.05, 0) is 36.2 Å². The van der Waals surface area contributed by atoms with Gasteiger partial charge in [-0.1, -0.05) is 18.2 Å². The Balaban J connectivity index is 2.05. The number of aromatic carboxylic acids is 1. The van der Waals surface area contributed by atoms with Crippen LogP contribution in [0, 0.1) is 0 Å². The first kappa shape index (κ1) is 15.6. The van der Waals surface area contributed by atoms with Crippen molar-refractivity contribution in [2.45, 2.75) is 11.3 Å². The number of carboxylic acids is 1. The minimum absolute atomic E-state index is 0.00838. The Morgan fingerprint density at radius 1 is 1.12 bits per heavy atom. The van der Waals surface area contributed by atoms with E-state index >= 15 is 0 Å². The molecule has 0 radical (unpaired) electrons. The van der Waals surface area contributed by atoms with E-state index in [1.807, 2.05) is 30.3 Å². The van der Waals surface area contributed by atoms with Crippen molar-refractivity contribution in [2.75, 3.05) is 11.1 Å². The topological polar surface area (TPSA) is 96.4 Å². The lowest BCUT2D eigenvalue weighted by atomic mass is 10.0. The fourth-order valence-electron chi connectivity index (χ4n) is 3.18. The van der Waals surface area contributed by atoms with E-state index in [-0.39, 0.29) is 16.2 Å². The fourth-order valence-corrected chi connectivity index (χ4v) is 4.73. The molecule has 4 rings (SSSR count). The molecule has 0 saturated heterocycles. The van der Waals surface area contributed by atoms with Crippen molar-refractivity contribution in [3.8, 4) is 0 Å². The molecule has 1 aromatic heterocycles. The van der Waals surface area contributed by atoms with Gasteiger partial charge in [-0.25, -0.2) is 13.2 Å². The summed E-state index contributed by atoms with van der Waals surface area (Å²) in [6, 6.07) is 12.3. The predicted octanol–water partition coefficient (Wildman–Crippen LogP) is 3.01. The zero-order valence-electron chi connectivity index (χ0n) is 13.1. The van der Waals surface area contributed by atoms with Crippen LogP contribution in [-0.2, 0) is 16.3 Å². The SMILES string of the molecule is O=C(O)c1cnc2ccc3c(c2c1Nc1ccccc1)CCS3(=O)=O. The van der Waals surface area contributed by atoms with Crippen molar-refractivity contribution >= 4 is 38.1 Å². The van der Waals surface area contributed by atoms with Gasteiger partial charge in [0.25, 0.3) is 0 Å². The second-order valence-corrected chi connectivity index (χ2v) is 7.93. The molecule has 0 fully saturated rings. The van der Waals surface area contributed by atoms with Crippen molar-refractivity contribution in [1.29, 1.82) is 0 Å². The van der Waals surface area contributed by atoms with Crippen LogP contribution in [0.15, 0.2) is 53.6 Å². The van der Waals surface area contributed by atoms with Crippen LogP contribution < -0.4 is 5.32 Å². The largest absolute Gasteiger partial charge is 0.478 e. The predicted molar refractivity (Wildman–Crippen MR) is 94.2 cm³/mol. The zero-order valence-corrected chi connectivity index (χ0v) is 13.9. The van der Waals surface area contributed by atoms with Crippen LogP contribution in [0.25, 0.3) is 10.9 Å². The number of sulfone groups is 1. The van der Waals surface area contributed by atoms with Gasteiger partial charge < -0.3 is 10.4 Å². The smallest absolute Gasteiger partial charge is 0.339 e. The average Bonchev–Trinajstić information content (AvgIpc) is 2.91. The molecule has 0 saturated carbocycles. The number of carboxylic acid groups (broad SMARTS) is 1. The van der Waals surface area contributed by atoms with Crippen LogP contribution in [0.3, 0.4) is 0 Å². The Morgan fingerprint density at radius 3 is 2.60 bits per heavy atom. The van der Waals surface area contributed by atoms with Gasteiger partial charge >= 0.3 is 5.97 Å². The zero-order chi connectivity index (χ0) is 17.6. The number of nitrogens with zero attached hydrogens (tertiary/aromatic N) is 1. The van der Waals surface area contributed by atoms with Crippen molar-refractivity contribution in [3.63, 3.8) is 0 Å². The third kappa shape index (κ3) is 2.53. The quantitative estimate of drug-likeness (QED) is 0.750. The molecule has 7 heteroatoms. The maximum absolute atomic E-state index is 12.2. The van der Waals surface area contributed by atoms with E-state index in [0.717, 1.165) is 5.69 Å². The van der Waals surface area contributed by atoms with Crippen molar-refractivity contribution in [3.05, 3.63) is 59.8 Å². The normalized spacial score (nSPS) is 15.0. The Morgan fingerprint density at radius 2 is 1.88 bits per heavy atom. The summed E-state index contributed by atoms with van der Waals surface area (Å²) in [5.74, 6) is -1.09. The van der Waals surface area contributed by atoms with E-state index in [4.69, 9.17) is 0 Å². The second kappa shape index (κ2) is 5.56. The molecule has 25 heavy (non-hydrogen) atoms. The lowest BCUT2D eigenvalue weighted by Gasteiger charge is -2.15. The van der Waals surface area contributed by atoms with Gasteiger partial charge in [0.1, 0.15) is 5.56 Å². The number of carbonyl (C=O) groups is 1. The number of hydrogen-bond acceptors (Lipinski definition) is 5. The highest BCUT2D eigenvalue weighted by Crippen LogP contribution is 2.38. The fraction of sp³-hybridized carbons (Fsp3) is 0.111. The monoisotopic (exact) mass is 354 g/mol. The first-order valence-electron chi connectivity index (χ1n) is 7.70. The minimum atomic E-state index is -3.32. The van der Waals surface area contributed by atoms with Gasteiger partial charge in [-0.2, -0.15) is 0 Å². The molecule has 0 aliphatic carbocycles. The minimum Gasteiger partial charge on any atom is -0.478 e. The number of pyridine rings is 1. The molecule has 0 bridgehead atoms. The molecule has 0 amide bonds. The van der Waals surface area contributed by atoms with Crippen LogP contribution in [0.2, 0.25) is 0 Å². The van der Waals surface area contributed by atoms with Crippen LogP contribution >= 0.6 is 0 Å². The van der Waals surface area contributed by atoms with Gasteiger partial charge in [0.05, 0.1) is 21.9 Å². The molecule has 2 N–H and O–H groups in total. The molecule has 6 nitrogen and oxygen atoms in total. The Kier molecular flexibility index (Phi) is 3.47. The molecule has 3 aromatic rings. The molecule has 1 aliphatic rings. The molecule has 2 heterocycles. The first-order valence-corrected chi connectivity index (χ1v) is 9.35. The Hall–Kier alpha value is -2.93. The Labute approximate surface area is 144 Å². The van der Waals surface area contributed by atoms with Crippen LogP contribution in [-0.4, -0.2) is 30.2 Å². The maximum atomic E-state index is 12.2. The highest BCUT2D eigenvalue weighted by molar-refractivity contribution is 7.91. The number of hydrogen-bond donors (Lipinski definition) is 2. The molecule has 0 spiro atoms. The summed E-state index contributed by atoms with van der Waals surface area (Å²) < 4.78 is 24.5. The summed E-state index contributed by atoms with van der Waals surface area (Å²) in [5.41, 5.74) is 2.30. The number of fused-ring (bicyclic) bond motifs is 3. The summed E-state index contributed by atoms with van der Waals surface area (Å²) in [6.07, 6.45) is 1.65. The summed E-state index contributed by atoms with van der Waals surface area (Å²) in [6.45, 7) is 0. The van der Waals surface area contributed by atoms with Crippen LogP contribution in [0.4, 0.5) is 11.4 Å². The molecule has 2 aromatic carbocycles. The number of nitrogens with one attached hydrogen (secondary N) is 1.